The second-order valence-corrected chi connectivity index (χ2v) is 6.08. The predicted octanol–water partition coefficient (Wildman–Crippen LogP) is 1.54. The highest BCUT2D eigenvalue weighted by Crippen LogP contribution is 2.55. The smallest absolute Gasteiger partial charge is 0.223 e. The summed E-state index contributed by atoms with van der Waals surface area (Å²) in [5.74, 6) is 3.03. The Hall–Kier alpha value is -0.570. The zero-order valence-electron chi connectivity index (χ0n) is 10.6. The molecule has 0 radical (unpaired) electrons. The lowest BCUT2D eigenvalue weighted by atomic mass is 10.0. The van der Waals surface area contributed by atoms with Crippen LogP contribution in [0.5, 0.6) is 0 Å². The lowest BCUT2D eigenvalue weighted by Crippen LogP contribution is -2.28. The fourth-order valence-electron chi connectivity index (χ4n) is 3.86. The molecule has 17 heavy (non-hydrogen) atoms. The Kier molecular flexibility index (Phi) is 3.37. The van der Waals surface area contributed by atoms with Gasteiger partial charge in [-0.1, -0.05) is 12.8 Å². The van der Waals surface area contributed by atoms with Crippen LogP contribution >= 0.6 is 0 Å². The van der Waals surface area contributed by atoms with E-state index in [1.165, 1.54) is 32.1 Å². The van der Waals surface area contributed by atoms with Crippen molar-refractivity contribution in [1.29, 1.82) is 0 Å². The number of hydrogen-bond acceptors (Lipinski definition) is 2. The first-order chi connectivity index (χ1) is 8.36. The number of carbonyl (C=O) groups excluding carboxylic acids is 1. The molecule has 0 aromatic heterocycles. The van der Waals surface area contributed by atoms with Gasteiger partial charge in [-0.05, 0) is 56.5 Å². The van der Waals surface area contributed by atoms with Gasteiger partial charge in [0.25, 0.3) is 0 Å². The monoisotopic (exact) mass is 236 g/mol. The van der Waals surface area contributed by atoms with E-state index >= 15 is 0 Å². The topological polar surface area (TPSA) is 41.1 Å². The van der Waals surface area contributed by atoms with Gasteiger partial charge in [0, 0.05) is 12.5 Å². The van der Waals surface area contributed by atoms with E-state index in [0.29, 0.717) is 11.8 Å². The molecule has 96 valence electrons. The number of nitrogens with one attached hydrogen (secondary N) is 2. The maximum atomic E-state index is 12.0. The van der Waals surface area contributed by atoms with Crippen LogP contribution in [0.2, 0.25) is 0 Å². The summed E-state index contributed by atoms with van der Waals surface area (Å²) in [5.41, 5.74) is 0. The van der Waals surface area contributed by atoms with Gasteiger partial charge < -0.3 is 10.6 Å². The second kappa shape index (κ2) is 4.97. The molecule has 1 aliphatic heterocycles. The molecule has 3 fully saturated rings. The predicted molar refractivity (Wildman–Crippen MR) is 67.5 cm³/mol. The molecule has 3 atom stereocenters. The standard InChI is InChI=1S/C14H24N2O/c17-14(13-11-3-1-2-4-12(11)13)16-8-6-10-5-7-15-9-10/h10-13,15H,1-9H2,(H,16,17). The first-order valence-electron chi connectivity index (χ1n) is 7.34. The molecule has 0 aromatic carbocycles. The molecule has 0 spiro atoms. The van der Waals surface area contributed by atoms with Crippen LogP contribution in [0, 0.1) is 23.7 Å². The summed E-state index contributed by atoms with van der Waals surface area (Å²) in [7, 11) is 0. The third-order valence-corrected chi connectivity index (χ3v) is 4.97. The Morgan fingerprint density at radius 1 is 1.18 bits per heavy atom. The fourth-order valence-corrected chi connectivity index (χ4v) is 3.86. The normalized spacial score (nSPS) is 39.8. The van der Waals surface area contributed by atoms with Gasteiger partial charge in [0.05, 0.1) is 0 Å². The Morgan fingerprint density at radius 2 is 1.94 bits per heavy atom. The lowest BCUT2D eigenvalue weighted by molar-refractivity contribution is -0.122. The Balaban J connectivity index is 1.36. The van der Waals surface area contributed by atoms with Crippen LogP contribution in [0.4, 0.5) is 0 Å². The van der Waals surface area contributed by atoms with Crippen LogP contribution in [0.1, 0.15) is 38.5 Å². The maximum absolute atomic E-state index is 12.0. The Labute approximate surface area is 104 Å². The van der Waals surface area contributed by atoms with E-state index < -0.39 is 0 Å². The first kappa shape index (κ1) is 11.5. The average Bonchev–Trinajstić information content (AvgIpc) is 2.85. The van der Waals surface area contributed by atoms with Crippen molar-refractivity contribution in [3.8, 4) is 0 Å². The molecule has 2 N–H and O–H groups in total. The summed E-state index contributed by atoms with van der Waals surface area (Å²) in [6.07, 6.45) is 7.73. The highest BCUT2D eigenvalue weighted by Gasteiger charge is 2.54. The van der Waals surface area contributed by atoms with Crippen LogP contribution in [0.15, 0.2) is 0 Å². The molecule has 1 heterocycles. The van der Waals surface area contributed by atoms with Crippen molar-refractivity contribution in [1.82, 2.24) is 10.6 Å². The van der Waals surface area contributed by atoms with Crippen molar-refractivity contribution in [2.24, 2.45) is 23.7 Å². The molecule has 0 aromatic rings. The van der Waals surface area contributed by atoms with Gasteiger partial charge in [0.2, 0.25) is 5.91 Å². The molecule has 3 unspecified atom stereocenters. The van der Waals surface area contributed by atoms with E-state index in [1.54, 1.807) is 0 Å². The molecule has 0 bridgehead atoms. The van der Waals surface area contributed by atoms with Crippen molar-refractivity contribution in [3.63, 3.8) is 0 Å². The second-order valence-electron chi connectivity index (χ2n) is 6.08. The molecule has 3 heteroatoms. The van der Waals surface area contributed by atoms with Crippen LogP contribution in [0.25, 0.3) is 0 Å². The van der Waals surface area contributed by atoms with Gasteiger partial charge in [-0.15, -0.1) is 0 Å². The molecule has 2 aliphatic carbocycles. The summed E-state index contributed by atoms with van der Waals surface area (Å²) in [6.45, 7) is 3.19. The zero-order valence-corrected chi connectivity index (χ0v) is 10.6. The Morgan fingerprint density at radius 3 is 2.59 bits per heavy atom. The molecule has 1 saturated heterocycles. The zero-order chi connectivity index (χ0) is 11.7. The van der Waals surface area contributed by atoms with E-state index in [-0.39, 0.29) is 0 Å². The fraction of sp³-hybridized carbons (Fsp3) is 0.929. The average molecular weight is 236 g/mol. The van der Waals surface area contributed by atoms with Crippen molar-refractivity contribution < 1.29 is 4.79 Å². The number of rotatable bonds is 4. The summed E-state index contributed by atoms with van der Waals surface area (Å²) >= 11 is 0. The number of fused-ring (bicyclic) bond motifs is 1. The van der Waals surface area contributed by atoms with Crippen molar-refractivity contribution >= 4 is 5.91 Å². The quantitative estimate of drug-likeness (QED) is 0.777. The minimum Gasteiger partial charge on any atom is -0.356 e. The van der Waals surface area contributed by atoms with Crippen LogP contribution in [-0.2, 0) is 4.79 Å². The van der Waals surface area contributed by atoms with Gasteiger partial charge in [-0.25, -0.2) is 0 Å². The number of carbonyl (C=O) groups is 1. The van der Waals surface area contributed by atoms with Gasteiger partial charge in [-0.3, -0.25) is 4.79 Å². The molecule has 2 saturated carbocycles. The van der Waals surface area contributed by atoms with E-state index in [9.17, 15) is 4.79 Å². The van der Waals surface area contributed by atoms with Gasteiger partial charge in [0.15, 0.2) is 0 Å². The van der Waals surface area contributed by atoms with Gasteiger partial charge >= 0.3 is 0 Å². The third-order valence-electron chi connectivity index (χ3n) is 4.97. The first-order valence-corrected chi connectivity index (χ1v) is 7.34. The molecule has 1 amide bonds. The maximum Gasteiger partial charge on any atom is 0.223 e. The van der Waals surface area contributed by atoms with Gasteiger partial charge in [0.1, 0.15) is 0 Å². The number of hydrogen-bond donors (Lipinski definition) is 2. The van der Waals surface area contributed by atoms with E-state index in [0.717, 1.165) is 43.8 Å². The molecule has 3 rings (SSSR count). The highest BCUT2D eigenvalue weighted by molar-refractivity contribution is 5.82. The summed E-state index contributed by atoms with van der Waals surface area (Å²) in [4.78, 5) is 12.0. The highest BCUT2D eigenvalue weighted by atomic mass is 16.2. The Bertz CT molecular complexity index is 274. The van der Waals surface area contributed by atoms with Crippen LogP contribution < -0.4 is 10.6 Å². The SMILES string of the molecule is O=C(NCCC1CCNC1)C1C2CCCCC21. The minimum atomic E-state index is 0.354. The third kappa shape index (κ3) is 2.49. The van der Waals surface area contributed by atoms with Crippen molar-refractivity contribution in [2.45, 2.75) is 38.5 Å². The molecular formula is C14H24N2O. The number of amides is 1. The van der Waals surface area contributed by atoms with Gasteiger partial charge in [-0.2, -0.15) is 0 Å². The minimum absolute atomic E-state index is 0.354. The van der Waals surface area contributed by atoms with E-state index in [1.807, 2.05) is 0 Å². The summed E-state index contributed by atoms with van der Waals surface area (Å²) in [5, 5.41) is 6.53. The van der Waals surface area contributed by atoms with Crippen LogP contribution in [0.3, 0.4) is 0 Å². The van der Waals surface area contributed by atoms with Crippen molar-refractivity contribution in [3.05, 3.63) is 0 Å². The lowest BCUT2D eigenvalue weighted by Gasteiger charge is -2.09. The van der Waals surface area contributed by atoms with E-state index in [4.69, 9.17) is 0 Å². The summed E-state index contributed by atoms with van der Waals surface area (Å²) < 4.78 is 0. The van der Waals surface area contributed by atoms with E-state index in [2.05, 4.69) is 10.6 Å². The summed E-state index contributed by atoms with van der Waals surface area (Å²) in [6, 6.07) is 0. The van der Waals surface area contributed by atoms with Crippen LogP contribution in [-0.4, -0.2) is 25.5 Å². The molecule has 3 nitrogen and oxygen atoms in total. The largest absolute Gasteiger partial charge is 0.356 e. The molecular weight excluding hydrogens is 212 g/mol. The van der Waals surface area contributed by atoms with Crippen molar-refractivity contribution in [2.75, 3.05) is 19.6 Å². The molecule has 3 aliphatic rings.